The maximum atomic E-state index is 11.2. The van der Waals surface area contributed by atoms with E-state index in [2.05, 4.69) is 25.8 Å². The van der Waals surface area contributed by atoms with Gasteiger partial charge in [-0.1, -0.05) is 51.8 Å². The number of ether oxygens (including phenoxy) is 2. The Bertz CT molecular complexity index is 293. The molecule has 1 atom stereocenters. The summed E-state index contributed by atoms with van der Waals surface area (Å²) in [6.07, 6.45) is 6.02. The van der Waals surface area contributed by atoms with E-state index in [1.165, 1.54) is 31.0 Å². The summed E-state index contributed by atoms with van der Waals surface area (Å²) < 4.78 is 10.3. The molecule has 0 radical (unpaired) electrons. The minimum Gasteiger partial charge on any atom is -0.473 e. The molecule has 0 fully saturated rings. The van der Waals surface area contributed by atoms with Gasteiger partial charge in [-0.2, -0.15) is 0 Å². The van der Waals surface area contributed by atoms with Crippen molar-refractivity contribution in [2.24, 2.45) is 16.8 Å². The second kappa shape index (κ2) is 12.1. The highest BCUT2D eigenvalue weighted by molar-refractivity contribution is 8.13. The highest BCUT2D eigenvalue weighted by Crippen LogP contribution is 2.15. The third-order valence-corrected chi connectivity index (χ3v) is 3.50. The summed E-state index contributed by atoms with van der Waals surface area (Å²) in [5, 5.41) is 0.387. The molecule has 4 nitrogen and oxygen atoms in total. The zero-order chi connectivity index (χ0) is 15.4. The van der Waals surface area contributed by atoms with E-state index < -0.39 is 6.09 Å². The van der Waals surface area contributed by atoms with Crippen LogP contribution in [-0.4, -0.2) is 30.8 Å². The molecule has 0 aromatic carbocycles. The van der Waals surface area contributed by atoms with Gasteiger partial charge in [-0.3, -0.25) is 0 Å². The van der Waals surface area contributed by atoms with Crippen LogP contribution in [0, 0.1) is 11.8 Å². The first-order valence-electron chi connectivity index (χ1n) is 7.41. The first-order valence-corrected chi connectivity index (χ1v) is 8.64. The van der Waals surface area contributed by atoms with Crippen LogP contribution in [0.5, 0.6) is 0 Å². The van der Waals surface area contributed by atoms with Gasteiger partial charge in [-0.25, -0.2) is 4.79 Å². The molecule has 0 aliphatic rings. The Morgan fingerprint density at radius 1 is 1.15 bits per heavy atom. The molecular formula is C15H29NO3S. The van der Waals surface area contributed by atoms with Crippen LogP contribution < -0.4 is 0 Å². The first kappa shape index (κ1) is 19.3. The number of carbonyl (C=O) groups is 1. The van der Waals surface area contributed by atoms with Gasteiger partial charge in [0, 0.05) is 0 Å². The number of amides is 1. The largest absolute Gasteiger partial charge is 0.473 e. The zero-order valence-electron chi connectivity index (χ0n) is 13.5. The lowest BCUT2D eigenvalue weighted by atomic mass is 9.98. The van der Waals surface area contributed by atoms with Gasteiger partial charge in [0.05, 0.1) is 13.2 Å². The lowest BCUT2D eigenvalue weighted by molar-refractivity contribution is 0.162. The quantitative estimate of drug-likeness (QED) is 0.480. The van der Waals surface area contributed by atoms with Crippen LogP contribution in [0.3, 0.4) is 0 Å². The van der Waals surface area contributed by atoms with Crippen LogP contribution >= 0.6 is 11.8 Å². The normalized spacial score (nSPS) is 13.4. The van der Waals surface area contributed by atoms with Gasteiger partial charge in [0.1, 0.15) is 0 Å². The standard InChI is InChI=1S/C15H29NO3S/c1-6-18-14(17)16-15(20-5)19-11-10-13(4)9-7-8-12(2)3/h12-13H,6-11H2,1-5H3. The second-order valence-corrected chi connectivity index (χ2v) is 6.11. The van der Waals surface area contributed by atoms with Crippen LogP contribution in [0.15, 0.2) is 4.99 Å². The Morgan fingerprint density at radius 3 is 2.40 bits per heavy atom. The van der Waals surface area contributed by atoms with Gasteiger partial charge >= 0.3 is 6.09 Å². The summed E-state index contributed by atoms with van der Waals surface area (Å²) in [6, 6.07) is 0. The van der Waals surface area contributed by atoms with Crippen molar-refractivity contribution in [3.8, 4) is 0 Å². The Hall–Kier alpha value is -0.710. The van der Waals surface area contributed by atoms with Crippen LogP contribution in [0.25, 0.3) is 0 Å². The van der Waals surface area contributed by atoms with Crippen molar-refractivity contribution in [1.82, 2.24) is 0 Å². The van der Waals surface area contributed by atoms with Crippen LogP contribution in [-0.2, 0) is 9.47 Å². The van der Waals surface area contributed by atoms with Crippen molar-refractivity contribution in [2.45, 2.75) is 53.4 Å². The lowest BCUT2D eigenvalue weighted by Crippen LogP contribution is -2.09. The molecule has 0 saturated carbocycles. The smallest absolute Gasteiger partial charge is 0.437 e. The predicted molar refractivity (Wildman–Crippen MR) is 86.4 cm³/mol. The Labute approximate surface area is 127 Å². The number of nitrogens with zero attached hydrogens (tertiary/aromatic N) is 1. The molecule has 0 rings (SSSR count). The van der Waals surface area contributed by atoms with E-state index in [9.17, 15) is 4.79 Å². The fourth-order valence-corrected chi connectivity index (χ4v) is 2.10. The van der Waals surface area contributed by atoms with Gasteiger partial charge in [0.25, 0.3) is 5.23 Å². The Morgan fingerprint density at radius 2 is 1.85 bits per heavy atom. The number of aliphatic imine (C=N–C) groups is 1. The van der Waals surface area contributed by atoms with E-state index in [4.69, 9.17) is 9.47 Å². The number of hydrogen-bond acceptors (Lipinski definition) is 4. The first-order chi connectivity index (χ1) is 9.49. The van der Waals surface area contributed by atoms with Crippen molar-refractivity contribution in [3.05, 3.63) is 0 Å². The summed E-state index contributed by atoms with van der Waals surface area (Å²) in [7, 11) is 0. The molecule has 0 aromatic rings. The molecule has 118 valence electrons. The number of rotatable bonds is 8. The van der Waals surface area contributed by atoms with Crippen molar-refractivity contribution in [3.63, 3.8) is 0 Å². The van der Waals surface area contributed by atoms with E-state index in [1.807, 2.05) is 6.26 Å². The van der Waals surface area contributed by atoms with Crippen LogP contribution in [0.2, 0.25) is 0 Å². The van der Waals surface area contributed by atoms with Gasteiger partial charge < -0.3 is 9.47 Å². The Kier molecular flexibility index (Phi) is 11.6. The monoisotopic (exact) mass is 303 g/mol. The van der Waals surface area contributed by atoms with E-state index in [1.54, 1.807) is 6.92 Å². The van der Waals surface area contributed by atoms with Gasteiger partial charge in [0.15, 0.2) is 0 Å². The fourth-order valence-electron chi connectivity index (χ4n) is 1.73. The molecule has 1 amide bonds. The van der Waals surface area contributed by atoms with Crippen LogP contribution in [0.4, 0.5) is 4.79 Å². The molecule has 0 saturated heterocycles. The van der Waals surface area contributed by atoms with Crippen molar-refractivity contribution < 1.29 is 14.3 Å². The molecular weight excluding hydrogens is 274 g/mol. The topological polar surface area (TPSA) is 47.9 Å². The number of carbonyl (C=O) groups excluding carboxylic acids is 1. The molecule has 0 aromatic heterocycles. The van der Waals surface area contributed by atoms with Gasteiger partial charge in [0.2, 0.25) is 0 Å². The third kappa shape index (κ3) is 11.1. The molecule has 20 heavy (non-hydrogen) atoms. The molecule has 1 unspecified atom stereocenters. The lowest BCUT2D eigenvalue weighted by Gasteiger charge is -2.13. The van der Waals surface area contributed by atoms with Crippen molar-refractivity contribution in [1.29, 1.82) is 0 Å². The van der Waals surface area contributed by atoms with Crippen molar-refractivity contribution in [2.75, 3.05) is 19.5 Å². The molecule has 0 bridgehead atoms. The maximum Gasteiger partial charge on any atom is 0.437 e. The molecule has 5 heteroatoms. The number of hydrogen-bond donors (Lipinski definition) is 0. The molecule has 0 aliphatic carbocycles. The summed E-state index contributed by atoms with van der Waals surface area (Å²) in [5.74, 6) is 1.41. The number of thioether (sulfide) groups is 1. The fraction of sp³-hybridized carbons (Fsp3) is 0.867. The average Bonchev–Trinajstić information content (AvgIpc) is 2.37. The highest BCUT2D eigenvalue weighted by Gasteiger charge is 2.07. The second-order valence-electron chi connectivity index (χ2n) is 5.35. The van der Waals surface area contributed by atoms with Gasteiger partial charge in [-0.05, 0) is 31.4 Å². The Balaban J connectivity index is 3.86. The molecule has 0 N–H and O–H groups in total. The summed E-state index contributed by atoms with van der Waals surface area (Å²) in [5.41, 5.74) is 0. The molecule has 0 spiro atoms. The summed E-state index contributed by atoms with van der Waals surface area (Å²) in [4.78, 5) is 15.0. The third-order valence-electron chi connectivity index (χ3n) is 2.94. The van der Waals surface area contributed by atoms with Crippen LogP contribution in [0.1, 0.15) is 53.4 Å². The SMILES string of the molecule is CCOC(=O)N=C(OCCC(C)CCCC(C)C)SC. The maximum absolute atomic E-state index is 11.2. The minimum absolute atomic E-state index is 0.330. The van der Waals surface area contributed by atoms with Gasteiger partial charge in [-0.15, -0.1) is 4.99 Å². The molecule has 0 aliphatic heterocycles. The van der Waals surface area contributed by atoms with E-state index >= 15 is 0 Å². The summed E-state index contributed by atoms with van der Waals surface area (Å²) in [6.45, 7) is 9.43. The zero-order valence-corrected chi connectivity index (χ0v) is 14.3. The average molecular weight is 303 g/mol. The van der Waals surface area contributed by atoms with E-state index in [0.29, 0.717) is 24.4 Å². The molecule has 0 heterocycles. The predicted octanol–water partition coefficient (Wildman–Crippen LogP) is 4.73. The minimum atomic E-state index is -0.582. The van der Waals surface area contributed by atoms with Crippen molar-refractivity contribution >= 4 is 23.1 Å². The highest BCUT2D eigenvalue weighted by atomic mass is 32.2. The summed E-state index contributed by atoms with van der Waals surface area (Å²) >= 11 is 1.32. The van der Waals surface area contributed by atoms with E-state index in [-0.39, 0.29) is 0 Å². The van der Waals surface area contributed by atoms with E-state index in [0.717, 1.165) is 12.3 Å².